The fourth-order valence-electron chi connectivity index (χ4n) is 2.60. The molecule has 0 saturated heterocycles. The Balaban J connectivity index is 2.21. The summed E-state index contributed by atoms with van der Waals surface area (Å²) in [6.45, 7) is 4.27. The smallest absolute Gasteiger partial charge is 0.338 e. The molecule has 19 heavy (non-hydrogen) atoms. The van der Waals surface area contributed by atoms with Crippen molar-refractivity contribution in [2.45, 2.75) is 39.2 Å². The number of hydrogen-bond acceptors (Lipinski definition) is 2. The Morgan fingerprint density at radius 3 is 2.58 bits per heavy atom. The molecule has 1 aliphatic rings. The first-order valence-corrected chi connectivity index (χ1v) is 6.27. The molecule has 0 amide bonds. The minimum atomic E-state index is -1.40. The highest BCUT2D eigenvalue weighted by atomic mass is 19.1. The number of nitrogens with one attached hydrogen (secondary N) is 1. The fraction of sp³-hybridized carbons (Fsp3) is 0.500. The molecule has 0 aliphatic heterocycles. The standard InChI is InChI=1S/C14H17F2NO2/c1-14(2)4-3-8(7-14)17-12-5-9(13(18)19)10(15)6-11(12)16/h5-6,8,17H,3-4,7H2,1-2H3,(H,18,19). The zero-order valence-electron chi connectivity index (χ0n) is 11.0. The molecule has 0 bridgehead atoms. The maximum absolute atomic E-state index is 13.6. The van der Waals surface area contributed by atoms with Crippen molar-refractivity contribution in [1.82, 2.24) is 0 Å². The molecule has 1 saturated carbocycles. The van der Waals surface area contributed by atoms with Gasteiger partial charge in [-0.05, 0) is 30.7 Å². The second-order valence-corrected chi connectivity index (χ2v) is 5.87. The number of hydrogen-bond donors (Lipinski definition) is 2. The fourth-order valence-corrected chi connectivity index (χ4v) is 2.60. The molecule has 0 heterocycles. The molecule has 1 fully saturated rings. The average Bonchev–Trinajstić information content (AvgIpc) is 2.61. The van der Waals surface area contributed by atoms with Crippen molar-refractivity contribution >= 4 is 11.7 Å². The SMILES string of the molecule is CC1(C)CCC(Nc2cc(C(=O)O)c(F)cc2F)C1. The molecule has 2 rings (SSSR count). The van der Waals surface area contributed by atoms with Gasteiger partial charge in [0.15, 0.2) is 0 Å². The molecule has 104 valence electrons. The van der Waals surface area contributed by atoms with E-state index in [1.165, 1.54) is 0 Å². The summed E-state index contributed by atoms with van der Waals surface area (Å²) in [5.41, 5.74) is -0.258. The van der Waals surface area contributed by atoms with Gasteiger partial charge >= 0.3 is 5.97 Å². The third kappa shape index (κ3) is 3.03. The molecule has 1 aromatic carbocycles. The van der Waals surface area contributed by atoms with Crippen LogP contribution in [0, 0.1) is 17.0 Å². The van der Waals surface area contributed by atoms with Crippen molar-refractivity contribution in [2.75, 3.05) is 5.32 Å². The molecule has 3 nitrogen and oxygen atoms in total. The van der Waals surface area contributed by atoms with E-state index in [2.05, 4.69) is 19.2 Å². The van der Waals surface area contributed by atoms with Crippen molar-refractivity contribution in [2.24, 2.45) is 5.41 Å². The van der Waals surface area contributed by atoms with Crippen LogP contribution in [0.1, 0.15) is 43.5 Å². The topological polar surface area (TPSA) is 49.3 Å². The molecule has 5 heteroatoms. The van der Waals surface area contributed by atoms with Gasteiger partial charge in [-0.3, -0.25) is 0 Å². The maximum atomic E-state index is 13.6. The summed E-state index contributed by atoms with van der Waals surface area (Å²) in [6, 6.07) is 1.74. The quantitative estimate of drug-likeness (QED) is 0.880. The van der Waals surface area contributed by atoms with E-state index in [0.717, 1.165) is 25.3 Å². The lowest BCUT2D eigenvalue weighted by Crippen LogP contribution is -2.19. The van der Waals surface area contributed by atoms with E-state index >= 15 is 0 Å². The van der Waals surface area contributed by atoms with Crippen LogP contribution >= 0.6 is 0 Å². The number of halogens is 2. The second-order valence-electron chi connectivity index (χ2n) is 5.87. The van der Waals surface area contributed by atoms with Gasteiger partial charge in [0.05, 0.1) is 11.3 Å². The van der Waals surface area contributed by atoms with Crippen LogP contribution in [0.15, 0.2) is 12.1 Å². The zero-order valence-corrected chi connectivity index (χ0v) is 11.0. The Morgan fingerprint density at radius 2 is 2.05 bits per heavy atom. The van der Waals surface area contributed by atoms with Crippen molar-refractivity contribution in [1.29, 1.82) is 0 Å². The summed E-state index contributed by atoms with van der Waals surface area (Å²) in [4.78, 5) is 10.8. The van der Waals surface area contributed by atoms with Gasteiger partial charge in [0.1, 0.15) is 11.6 Å². The molecule has 1 atom stereocenters. The number of rotatable bonds is 3. The van der Waals surface area contributed by atoms with Crippen LogP contribution in [-0.4, -0.2) is 17.1 Å². The first kappa shape index (κ1) is 13.8. The number of carboxylic acid groups (broad SMARTS) is 1. The highest BCUT2D eigenvalue weighted by molar-refractivity contribution is 5.89. The van der Waals surface area contributed by atoms with Gasteiger partial charge in [-0.25, -0.2) is 13.6 Å². The second kappa shape index (κ2) is 4.79. The number of carboxylic acids is 1. The number of anilines is 1. The third-order valence-corrected chi connectivity index (χ3v) is 3.62. The van der Waals surface area contributed by atoms with Gasteiger partial charge in [0, 0.05) is 12.1 Å². The van der Waals surface area contributed by atoms with Crippen molar-refractivity contribution in [3.8, 4) is 0 Å². The third-order valence-electron chi connectivity index (χ3n) is 3.62. The van der Waals surface area contributed by atoms with Crippen molar-refractivity contribution in [3.05, 3.63) is 29.3 Å². The predicted octanol–water partition coefficient (Wildman–Crippen LogP) is 3.65. The summed E-state index contributed by atoms with van der Waals surface area (Å²) in [7, 11) is 0. The Morgan fingerprint density at radius 1 is 1.37 bits per heavy atom. The molecular weight excluding hydrogens is 252 g/mol. The summed E-state index contributed by atoms with van der Waals surface area (Å²) in [6.07, 6.45) is 2.80. The molecule has 1 aliphatic carbocycles. The highest BCUT2D eigenvalue weighted by Gasteiger charge is 2.31. The Kier molecular flexibility index (Phi) is 3.47. The van der Waals surface area contributed by atoms with Gasteiger partial charge in [0.25, 0.3) is 0 Å². The van der Waals surface area contributed by atoms with Crippen LogP contribution in [0.25, 0.3) is 0 Å². The maximum Gasteiger partial charge on any atom is 0.338 e. The lowest BCUT2D eigenvalue weighted by atomic mass is 9.92. The first-order valence-electron chi connectivity index (χ1n) is 6.27. The largest absolute Gasteiger partial charge is 0.478 e. The molecule has 0 aromatic heterocycles. The van der Waals surface area contributed by atoms with Crippen LogP contribution in [-0.2, 0) is 0 Å². The Bertz CT molecular complexity index is 514. The van der Waals surface area contributed by atoms with E-state index < -0.39 is 23.2 Å². The van der Waals surface area contributed by atoms with Gasteiger partial charge in [-0.15, -0.1) is 0 Å². The summed E-state index contributed by atoms with van der Waals surface area (Å²) in [5.74, 6) is -3.21. The normalized spacial score (nSPS) is 21.4. The number of aromatic carboxylic acids is 1. The molecule has 0 spiro atoms. The Labute approximate surface area is 110 Å². The van der Waals surface area contributed by atoms with Crippen LogP contribution in [0.2, 0.25) is 0 Å². The summed E-state index contributed by atoms with van der Waals surface area (Å²) in [5, 5.41) is 11.8. The monoisotopic (exact) mass is 269 g/mol. The average molecular weight is 269 g/mol. The van der Waals surface area contributed by atoms with Crippen molar-refractivity contribution < 1.29 is 18.7 Å². The van der Waals surface area contributed by atoms with E-state index in [-0.39, 0.29) is 17.1 Å². The Hall–Kier alpha value is -1.65. The molecular formula is C14H17F2NO2. The van der Waals surface area contributed by atoms with Gasteiger partial charge < -0.3 is 10.4 Å². The zero-order chi connectivity index (χ0) is 14.2. The van der Waals surface area contributed by atoms with E-state index in [4.69, 9.17) is 5.11 Å². The van der Waals surface area contributed by atoms with E-state index in [0.29, 0.717) is 6.07 Å². The van der Waals surface area contributed by atoms with E-state index in [1.54, 1.807) is 0 Å². The van der Waals surface area contributed by atoms with Crippen LogP contribution in [0.3, 0.4) is 0 Å². The lowest BCUT2D eigenvalue weighted by molar-refractivity contribution is 0.0692. The summed E-state index contributed by atoms with van der Waals surface area (Å²) >= 11 is 0. The first-order chi connectivity index (χ1) is 8.78. The molecule has 2 N–H and O–H groups in total. The highest BCUT2D eigenvalue weighted by Crippen LogP contribution is 2.38. The number of carbonyl (C=O) groups is 1. The minimum Gasteiger partial charge on any atom is -0.478 e. The van der Waals surface area contributed by atoms with Gasteiger partial charge in [-0.2, -0.15) is 0 Å². The van der Waals surface area contributed by atoms with Crippen LogP contribution in [0.5, 0.6) is 0 Å². The predicted molar refractivity (Wildman–Crippen MR) is 68.4 cm³/mol. The summed E-state index contributed by atoms with van der Waals surface area (Å²) < 4.78 is 26.9. The van der Waals surface area contributed by atoms with Crippen LogP contribution < -0.4 is 5.32 Å². The van der Waals surface area contributed by atoms with E-state index in [1.807, 2.05) is 0 Å². The lowest BCUT2D eigenvalue weighted by Gasteiger charge is -2.19. The molecule has 0 radical (unpaired) electrons. The molecule has 1 unspecified atom stereocenters. The van der Waals surface area contributed by atoms with E-state index in [9.17, 15) is 13.6 Å². The van der Waals surface area contributed by atoms with Crippen LogP contribution in [0.4, 0.5) is 14.5 Å². The van der Waals surface area contributed by atoms with Crippen molar-refractivity contribution in [3.63, 3.8) is 0 Å². The van der Waals surface area contributed by atoms with Gasteiger partial charge in [0.2, 0.25) is 0 Å². The molecule has 1 aromatic rings. The number of benzene rings is 1. The van der Waals surface area contributed by atoms with Gasteiger partial charge in [-0.1, -0.05) is 13.8 Å². The minimum absolute atomic E-state index is 0.0569.